The van der Waals surface area contributed by atoms with Gasteiger partial charge in [-0.2, -0.15) is 5.26 Å². The molecule has 1 amide bonds. The fourth-order valence-corrected chi connectivity index (χ4v) is 2.82. The fraction of sp³-hybridized carbons (Fsp3) is 0.857. The van der Waals surface area contributed by atoms with Gasteiger partial charge in [-0.25, -0.2) is 0 Å². The standard InChI is InChI=1S/C14H24N2O/c1-4-14(5-2,11-15)13(17)16(6-3)12-9-7-8-10-12/h12H,4-10H2,1-3H3. The van der Waals surface area contributed by atoms with Crippen LogP contribution >= 0.6 is 0 Å². The van der Waals surface area contributed by atoms with Gasteiger partial charge in [-0.15, -0.1) is 0 Å². The van der Waals surface area contributed by atoms with Gasteiger partial charge < -0.3 is 4.90 Å². The van der Waals surface area contributed by atoms with Crippen molar-refractivity contribution in [1.82, 2.24) is 4.90 Å². The van der Waals surface area contributed by atoms with Gasteiger partial charge in [0.25, 0.3) is 0 Å². The maximum atomic E-state index is 12.6. The zero-order valence-electron chi connectivity index (χ0n) is 11.3. The number of amides is 1. The van der Waals surface area contributed by atoms with E-state index in [2.05, 4.69) is 6.07 Å². The number of hydrogen-bond acceptors (Lipinski definition) is 2. The summed E-state index contributed by atoms with van der Waals surface area (Å²) in [6.45, 7) is 6.62. The monoisotopic (exact) mass is 236 g/mol. The van der Waals surface area contributed by atoms with Gasteiger partial charge in [-0.1, -0.05) is 26.7 Å². The normalized spacial score (nSPS) is 16.8. The Balaban J connectivity index is 2.87. The summed E-state index contributed by atoms with van der Waals surface area (Å²) in [6.07, 6.45) is 5.87. The van der Waals surface area contributed by atoms with Gasteiger partial charge >= 0.3 is 0 Å². The molecule has 0 aromatic carbocycles. The van der Waals surface area contributed by atoms with Crippen LogP contribution in [0.4, 0.5) is 0 Å². The van der Waals surface area contributed by atoms with Gasteiger partial charge in [-0.3, -0.25) is 4.79 Å². The Labute approximate surface area is 105 Å². The van der Waals surface area contributed by atoms with E-state index < -0.39 is 5.41 Å². The van der Waals surface area contributed by atoms with E-state index >= 15 is 0 Å². The molecule has 0 aromatic heterocycles. The van der Waals surface area contributed by atoms with E-state index in [0.717, 1.165) is 19.4 Å². The second-order valence-corrected chi connectivity index (χ2v) is 4.93. The lowest BCUT2D eigenvalue weighted by atomic mass is 9.82. The number of nitrogens with zero attached hydrogens (tertiary/aromatic N) is 2. The molecule has 0 unspecified atom stereocenters. The van der Waals surface area contributed by atoms with Crippen molar-refractivity contribution in [3.63, 3.8) is 0 Å². The average Bonchev–Trinajstić information content (AvgIpc) is 2.87. The van der Waals surface area contributed by atoms with E-state index in [9.17, 15) is 10.1 Å². The first-order valence-electron chi connectivity index (χ1n) is 6.87. The zero-order valence-corrected chi connectivity index (χ0v) is 11.3. The minimum atomic E-state index is -0.793. The predicted molar refractivity (Wildman–Crippen MR) is 68.3 cm³/mol. The van der Waals surface area contributed by atoms with Crippen molar-refractivity contribution in [3.05, 3.63) is 0 Å². The Bertz CT molecular complexity index is 296. The first-order valence-corrected chi connectivity index (χ1v) is 6.87. The topological polar surface area (TPSA) is 44.1 Å². The maximum Gasteiger partial charge on any atom is 0.243 e. The van der Waals surface area contributed by atoms with Crippen LogP contribution in [0.25, 0.3) is 0 Å². The average molecular weight is 236 g/mol. The number of carbonyl (C=O) groups is 1. The molecule has 1 saturated carbocycles. The first kappa shape index (κ1) is 14.0. The highest BCUT2D eigenvalue weighted by molar-refractivity contribution is 5.85. The highest BCUT2D eigenvalue weighted by Gasteiger charge is 2.40. The van der Waals surface area contributed by atoms with Crippen LogP contribution in [-0.4, -0.2) is 23.4 Å². The van der Waals surface area contributed by atoms with E-state index in [0.29, 0.717) is 18.9 Å². The number of carbonyl (C=O) groups excluding carboxylic acids is 1. The summed E-state index contributed by atoms with van der Waals surface area (Å²) in [6, 6.07) is 2.64. The molecule has 0 saturated heterocycles. The lowest BCUT2D eigenvalue weighted by molar-refractivity contribution is -0.141. The molecule has 0 aromatic rings. The van der Waals surface area contributed by atoms with Crippen LogP contribution in [-0.2, 0) is 4.79 Å². The molecule has 0 aliphatic heterocycles. The summed E-state index contributed by atoms with van der Waals surface area (Å²) in [4.78, 5) is 14.5. The molecular weight excluding hydrogens is 212 g/mol. The molecule has 0 bridgehead atoms. The van der Waals surface area contributed by atoms with Gasteiger partial charge in [0.15, 0.2) is 0 Å². The summed E-state index contributed by atoms with van der Waals surface area (Å²) in [5.74, 6) is 0.0550. The molecule has 0 radical (unpaired) electrons. The summed E-state index contributed by atoms with van der Waals surface area (Å²) < 4.78 is 0. The van der Waals surface area contributed by atoms with Gasteiger partial charge in [-0.05, 0) is 32.6 Å². The molecule has 3 nitrogen and oxygen atoms in total. The second kappa shape index (κ2) is 6.05. The minimum Gasteiger partial charge on any atom is -0.339 e. The van der Waals surface area contributed by atoms with Crippen molar-refractivity contribution in [2.24, 2.45) is 5.41 Å². The smallest absolute Gasteiger partial charge is 0.243 e. The van der Waals surface area contributed by atoms with Crippen LogP contribution in [0, 0.1) is 16.7 Å². The highest BCUT2D eigenvalue weighted by Crippen LogP contribution is 2.32. The minimum absolute atomic E-state index is 0.0550. The first-order chi connectivity index (χ1) is 8.15. The lowest BCUT2D eigenvalue weighted by Crippen LogP contribution is -2.47. The maximum absolute atomic E-state index is 12.6. The van der Waals surface area contributed by atoms with Crippen LogP contribution in [0.5, 0.6) is 0 Å². The van der Waals surface area contributed by atoms with E-state index in [1.54, 1.807) is 0 Å². The molecule has 1 aliphatic carbocycles. The van der Waals surface area contributed by atoms with Crippen LogP contribution in [0.1, 0.15) is 59.3 Å². The molecule has 0 heterocycles. The van der Waals surface area contributed by atoms with Crippen molar-refractivity contribution in [2.45, 2.75) is 65.3 Å². The summed E-state index contributed by atoms with van der Waals surface area (Å²) in [5.41, 5.74) is -0.793. The van der Waals surface area contributed by atoms with Crippen molar-refractivity contribution >= 4 is 5.91 Å². The van der Waals surface area contributed by atoms with Crippen LogP contribution in [0.3, 0.4) is 0 Å². The number of hydrogen-bond donors (Lipinski definition) is 0. The quantitative estimate of drug-likeness (QED) is 0.736. The summed E-state index contributed by atoms with van der Waals surface area (Å²) >= 11 is 0. The molecule has 0 N–H and O–H groups in total. The van der Waals surface area contributed by atoms with Crippen LogP contribution < -0.4 is 0 Å². The summed E-state index contributed by atoms with van der Waals surface area (Å²) in [5, 5.41) is 9.34. The van der Waals surface area contributed by atoms with E-state index in [4.69, 9.17) is 0 Å². The lowest BCUT2D eigenvalue weighted by Gasteiger charge is -2.34. The van der Waals surface area contributed by atoms with Crippen molar-refractivity contribution in [2.75, 3.05) is 6.54 Å². The van der Waals surface area contributed by atoms with E-state index in [1.807, 2.05) is 25.7 Å². The summed E-state index contributed by atoms with van der Waals surface area (Å²) in [7, 11) is 0. The molecule has 0 atom stereocenters. The highest BCUT2D eigenvalue weighted by atomic mass is 16.2. The van der Waals surface area contributed by atoms with Crippen molar-refractivity contribution < 1.29 is 4.79 Å². The SMILES string of the molecule is CCN(C(=O)C(C#N)(CC)CC)C1CCCC1. The molecule has 1 fully saturated rings. The van der Waals surface area contributed by atoms with Crippen molar-refractivity contribution in [3.8, 4) is 6.07 Å². The molecule has 1 rings (SSSR count). The van der Waals surface area contributed by atoms with Gasteiger partial charge in [0.1, 0.15) is 5.41 Å². The Morgan fingerprint density at radius 3 is 2.18 bits per heavy atom. The number of nitriles is 1. The molecule has 0 spiro atoms. The Morgan fingerprint density at radius 1 is 1.29 bits per heavy atom. The van der Waals surface area contributed by atoms with Crippen molar-refractivity contribution in [1.29, 1.82) is 5.26 Å². The fourth-order valence-electron chi connectivity index (χ4n) is 2.82. The van der Waals surface area contributed by atoms with Gasteiger partial charge in [0.2, 0.25) is 5.91 Å². The third-order valence-electron chi connectivity index (χ3n) is 4.20. The van der Waals surface area contributed by atoms with Gasteiger partial charge in [0.05, 0.1) is 6.07 Å². The molecule has 3 heteroatoms. The predicted octanol–water partition coefficient (Wildman–Crippen LogP) is 3.11. The Morgan fingerprint density at radius 2 is 1.82 bits per heavy atom. The largest absolute Gasteiger partial charge is 0.339 e. The number of rotatable bonds is 5. The molecular formula is C14H24N2O. The Kier molecular flexibility index (Phi) is 4.99. The Hall–Kier alpha value is -1.04. The molecule has 17 heavy (non-hydrogen) atoms. The zero-order chi connectivity index (χ0) is 12.9. The van der Waals surface area contributed by atoms with Crippen LogP contribution in [0.2, 0.25) is 0 Å². The third-order valence-corrected chi connectivity index (χ3v) is 4.20. The van der Waals surface area contributed by atoms with E-state index in [-0.39, 0.29) is 5.91 Å². The second-order valence-electron chi connectivity index (χ2n) is 4.93. The van der Waals surface area contributed by atoms with E-state index in [1.165, 1.54) is 12.8 Å². The molecule has 1 aliphatic rings. The third kappa shape index (κ3) is 2.62. The van der Waals surface area contributed by atoms with Gasteiger partial charge in [0, 0.05) is 12.6 Å². The molecule has 96 valence electrons. The van der Waals surface area contributed by atoms with Crippen LogP contribution in [0.15, 0.2) is 0 Å².